The number of rotatable bonds is 3. The van der Waals surface area contributed by atoms with Crippen molar-refractivity contribution in [3.05, 3.63) is 66.1 Å². The maximum Gasteiger partial charge on any atom is 0.130 e. The average Bonchev–Trinajstić information content (AvgIpc) is 2.46. The van der Waals surface area contributed by atoms with Crippen LogP contribution in [0.5, 0.6) is 11.5 Å². The van der Waals surface area contributed by atoms with Crippen molar-refractivity contribution in [2.45, 2.75) is 5.88 Å². The zero-order chi connectivity index (χ0) is 13.9. The summed E-state index contributed by atoms with van der Waals surface area (Å²) >= 11 is 5.72. The number of ether oxygens (including phenoxy) is 1. The summed E-state index contributed by atoms with van der Waals surface area (Å²) in [5, 5.41) is 1.03. The van der Waals surface area contributed by atoms with Gasteiger partial charge in [0, 0.05) is 29.6 Å². The van der Waals surface area contributed by atoms with E-state index < -0.39 is 0 Å². The quantitative estimate of drug-likeness (QED) is 0.639. The van der Waals surface area contributed by atoms with Gasteiger partial charge in [0.05, 0.1) is 5.52 Å². The van der Waals surface area contributed by atoms with E-state index in [1.54, 1.807) is 12.3 Å². The minimum atomic E-state index is -0.364. The summed E-state index contributed by atoms with van der Waals surface area (Å²) in [4.78, 5) is 4.26. The first-order valence-electron chi connectivity index (χ1n) is 6.13. The molecule has 0 saturated carbocycles. The lowest BCUT2D eigenvalue weighted by molar-refractivity contribution is 0.476. The molecular weight excluding hydrogens is 277 g/mol. The number of aromatic nitrogens is 1. The maximum absolute atomic E-state index is 13.4. The molecule has 0 aliphatic rings. The van der Waals surface area contributed by atoms with Gasteiger partial charge in [-0.3, -0.25) is 4.98 Å². The van der Waals surface area contributed by atoms with Crippen molar-refractivity contribution in [3.63, 3.8) is 0 Å². The van der Waals surface area contributed by atoms with Crippen LogP contribution in [-0.2, 0) is 5.88 Å². The van der Waals surface area contributed by atoms with Gasteiger partial charge in [0.15, 0.2) is 0 Å². The highest BCUT2D eigenvalue weighted by Gasteiger charge is 2.04. The van der Waals surface area contributed by atoms with Gasteiger partial charge in [0.2, 0.25) is 0 Å². The Morgan fingerprint density at radius 1 is 1.05 bits per heavy atom. The predicted molar refractivity (Wildman–Crippen MR) is 77.8 cm³/mol. The number of alkyl halides is 1. The molecule has 100 valence electrons. The van der Waals surface area contributed by atoms with Crippen LogP contribution in [0.4, 0.5) is 4.39 Å². The predicted octanol–water partition coefficient (Wildman–Crippen LogP) is 4.91. The van der Waals surface area contributed by atoms with Gasteiger partial charge in [-0.2, -0.15) is 0 Å². The number of fused-ring (bicyclic) bond motifs is 1. The topological polar surface area (TPSA) is 22.1 Å². The summed E-state index contributed by atoms with van der Waals surface area (Å²) in [5.74, 6) is 0.920. The van der Waals surface area contributed by atoms with Crippen molar-refractivity contribution in [3.8, 4) is 11.5 Å². The molecule has 0 fully saturated rings. The van der Waals surface area contributed by atoms with Crippen LogP contribution >= 0.6 is 11.6 Å². The van der Waals surface area contributed by atoms with Crippen LogP contribution in [0, 0.1) is 5.82 Å². The molecule has 3 aromatic rings. The number of halogens is 2. The zero-order valence-corrected chi connectivity index (χ0v) is 11.3. The van der Waals surface area contributed by atoms with E-state index >= 15 is 0 Å². The second-order valence-electron chi connectivity index (χ2n) is 4.39. The van der Waals surface area contributed by atoms with E-state index in [1.807, 2.05) is 30.3 Å². The molecule has 20 heavy (non-hydrogen) atoms. The van der Waals surface area contributed by atoms with Gasteiger partial charge in [0.25, 0.3) is 0 Å². The molecule has 0 radical (unpaired) electrons. The third-order valence-corrected chi connectivity index (χ3v) is 3.21. The Balaban J connectivity index is 1.94. The van der Waals surface area contributed by atoms with Crippen molar-refractivity contribution in [2.75, 3.05) is 0 Å². The molecule has 0 spiro atoms. The molecule has 0 aliphatic heterocycles. The van der Waals surface area contributed by atoms with Crippen molar-refractivity contribution < 1.29 is 9.13 Å². The lowest BCUT2D eigenvalue weighted by atomic mass is 10.2. The van der Waals surface area contributed by atoms with Crippen LogP contribution in [0.2, 0.25) is 0 Å². The molecule has 0 amide bonds. The Labute approximate surface area is 120 Å². The van der Waals surface area contributed by atoms with E-state index in [0.717, 1.165) is 10.9 Å². The SMILES string of the molecule is Fc1cc(CCl)cc(Oc2ccc3cccnc3c2)c1. The van der Waals surface area contributed by atoms with Crippen LogP contribution in [0.15, 0.2) is 54.7 Å². The van der Waals surface area contributed by atoms with Gasteiger partial charge in [-0.05, 0) is 35.9 Å². The number of benzene rings is 2. The van der Waals surface area contributed by atoms with E-state index in [9.17, 15) is 4.39 Å². The first-order valence-corrected chi connectivity index (χ1v) is 6.66. The summed E-state index contributed by atoms with van der Waals surface area (Å²) < 4.78 is 19.1. The third-order valence-electron chi connectivity index (χ3n) is 2.90. The van der Waals surface area contributed by atoms with Crippen LogP contribution in [0.25, 0.3) is 10.9 Å². The van der Waals surface area contributed by atoms with Gasteiger partial charge < -0.3 is 4.74 Å². The fourth-order valence-electron chi connectivity index (χ4n) is 2.00. The fourth-order valence-corrected chi connectivity index (χ4v) is 2.16. The Kier molecular flexibility index (Phi) is 3.52. The largest absolute Gasteiger partial charge is 0.457 e. The van der Waals surface area contributed by atoms with Crippen LogP contribution in [0.3, 0.4) is 0 Å². The summed E-state index contributed by atoms with van der Waals surface area (Å²) in [6.07, 6.45) is 1.72. The molecular formula is C16H11ClFNO. The van der Waals surface area contributed by atoms with Gasteiger partial charge in [-0.25, -0.2) is 4.39 Å². The smallest absolute Gasteiger partial charge is 0.130 e. The molecule has 0 saturated heterocycles. The summed E-state index contributed by atoms with van der Waals surface area (Å²) in [6, 6.07) is 13.9. The lowest BCUT2D eigenvalue weighted by Gasteiger charge is -2.08. The van der Waals surface area contributed by atoms with Crippen molar-refractivity contribution in [1.29, 1.82) is 0 Å². The summed E-state index contributed by atoms with van der Waals surface area (Å²) in [5.41, 5.74) is 1.51. The molecule has 0 unspecified atom stereocenters. The molecule has 3 rings (SSSR count). The Morgan fingerprint density at radius 3 is 2.80 bits per heavy atom. The number of pyridine rings is 1. The van der Waals surface area contributed by atoms with E-state index in [1.165, 1.54) is 12.1 Å². The molecule has 4 heteroatoms. The molecule has 1 heterocycles. The normalized spacial score (nSPS) is 10.7. The van der Waals surface area contributed by atoms with E-state index in [2.05, 4.69) is 4.98 Å². The fraction of sp³-hybridized carbons (Fsp3) is 0.0625. The second kappa shape index (κ2) is 5.47. The molecule has 0 aliphatic carbocycles. The highest BCUT2D eigenvalue weighted by Crippen LogP contribution is 2.26. The van der Waals surface area contributed by atoms with E-state index in [4.69, 9.17) is 16.3 Å². The summed E-state index contributed by atoms with van der Waals surface area (Å²) in [7, 11) is 0. The summed E-state index contributed by atoms with van der Waals surface area (Å²) in [6.45, 7) is 0. The number of nitrogens with zero attached hydrogens (tertiary/aromatic N) is 1. The van der Waals surface area contributed by atoms with Crippen molar-refractivity contribution in [2.24, 2.45) is 0 Å². The van der Waals surface area contributed by atoms with Crippen molar-refractivity contribution in [1.82, 2.24) is 4.98 Å². The van der Waals surface area contributed by atoms with E-state index in [0.29, 0.717) is 17.1 Å². The monoisotopic (exact) mass is 287 g/mol. The average molecular weight is 288 g/mol. The second-order valence-corrected chi connectivity index (χ2v) is 4.66. The standard InChI is InChI=1S/C16H11ClFNO/c17-10-11-6-13(18)8-15(7-11)20-14-4-3-12-2-1-5-19-16(12)9-14/h1-9H,10H2. The van der Waals surface area contributed by atoms with E-state index in [-0.39, 0.29) is 11.7 Å². The molecule has 2 aromatic carbocycles. The first-order chi connectivity index (χ1) is 9.74. The van der Waals surface area contributed by atoms with Crippen LogP contribution in [0.1, 0.15) is 5.56 Å². The van der Waals surface area contributed by atoms with Gasteiger partial charge in [0.1, 0.15) is 17.3 Å². The van der Waals surface area contributed by atoms with Gasteiger partial charge >= 0.3 is 0 Å². The lowest BCUT2D eigenvalue weighted by Crippen LogP contribution is -1.89. The van der Waals surface area contributed by atoms with Crippen LogP contribution < -0.4 is 4.74 Å². The molecule has 0 bridgehead atoms. The first kappa shape index (κ1) is 12.9. The highest BCUT2D eigenvalue weighted by atomic mass is 35.5. The number of hydrogen-bond acceptors (Lipinski definition) is 2. The molecule has 0 atom stereocenters. The van der Waals surface area contributed by atoms with Gasteiger partial charge in [-0.1, -0.05) is 6.07 Å². The van der Waals surface area contributed by atoms with Crippen LogP contribution in [-0.4, -0.2) is 4.98 Å². The Morgan fingerprint density at radius 2 is 1.95 bits per heavy atom. The minimum Gasteiger partial charge on any atom is -0.457 e. The molecule has 0 N–H and O–H groups in total. The molecule has 1 aromatic heterocycles. The van der Waals surface area contributed by atoms with Crippen molar-refractivity contribution >= 4 is 22.5 Å². The zero-order valence-electron chi connectivity index (χ0n) is 10.5. The number of hydrogen-bond donors (Lipinski definition) is 0. The molecule has 2 nitrogen and oxygen atoms in total. The van der Waals surface area contributed by atoms with Gasteiger partial charge in [-0.15, -0.1) is 11.6 Å². The Bertz CT molecular complexity index is 760. The highest BCUT2D eigenvalue weighted by molar-refractivity contribution is 6.17. The maximum atomic E-state index is 13.4. The third kappa shape index (κ3) is 2.73. The Hall–Kier alpha value is -2.13. The minimum absolute atomic E-state index is 0.243.